The highest BCUT2D eigenvalue weighted by Gasteiger charge is 2.02. The Morgan fingerprint density at radius 2 is 1.75 bits per heavy atom. The molecule has 0 unspecified atom stereocenters. The molecular formula is C6H14OS. The van der Waals surface area contributed by atoms with Gasteiger partial charge in [0.15, 0.2) is 0 Å². The average molecular weight is 134 g/mol. The lowest BCUT2D eigenvalue weighted by Crippen LogP contribution is -2.01. The van der Waals surface area contributed by atoms with Crippen LogP contribution in [0.3, 0.4) is 0 Å². The van der Waals surface area contributed by atoms with E-state index < -0.39 is 0 Å². The summed E-state index contributed by atoms with van der Waals surface area (Å²) in [4.78, 5) is 0. The molecule has 0 aliphatic carbocycles. The quantitative estimate of drug-likeness (QED) is 0.539. The molecule has 0 amide bonds. The van der Waals surface area contributed by atoms with Crippen LogP contribution in [0.5, 0.6) is 0 Å². The van der Waals surface area contributed by atoms with Crippen LogP contribution in [0.2, 0.25) is 0 Å². The third-order valence-corrected chi connectivity index (χ3v) is 2.93. The average Bonchev–Trinajstić information content (AvgIpc) is 1.72. The van der Waals surface area contributed by atoms with Crippen molar-refractivity contribution in [3.05, 3.63) is 12.0 Å². The first-order chi connectivity index (χ1) is 3.35. The highest BCUT2D eigenvalue weighted by Crippen LogP contribution is 1.94. The first-order valence-corrected chi connectivity index (χ1v) is 4.26. The van der Waals surface area contributed by atoms with Gasteiger partial charge in [-0.05, 0) is 13.8 Å². The summed E-state index contributed by atoms with van der Waals surface area (Å²) in [5.41, 5.74) is 0. The van der Waals surface area contributed by atoms with Crippen LogP contribution in [-0.2, 0) is 10.9 Å². The Kier molecular flexibility index (Phi) is 9.63. The van der Waals surface area contributed by atoms with Gasteiger partial charge in [-0.1, -0.05) is 6.58 Å². The smallest absolute Gasteiger partial charge is 0.112 e. The maximum Gasteiger partial charge on any atom is 0.112 e. The third-order valence-electron chi connectivity index (χ3n) is 0.977. The van der Waals surface area contributed by atoms with Crippen molar-refractivity contribution in [2.75, 3.05) is 11.5 Å². The predicted octanol–water partition coefficient (Wildman–Crippen LogP) is 1.61. The molecule has 0 rings (SSSR count). The second-order valence-electron chi connectivity index (χ2n) is 1.28. The second-order valence-corrected chi connectivity index (χ2v) is 3.84. The van der Waals surface area contributed by atoms with Crippen LogP contribution >= 0.6 is 0 Å². The summed E-state index contributed by atoms with van der Waals surface area (Å²) in [7, 11) is 0.519. The maximum absolute atomic E-state index is 3.72. The van der Waals surface area contributed by atoms with E-state index in [2.05, 4.69) is 25.8 Å². The molecule has 0 fully saturated rings. The fourth-order valence-corrected chi connectivity index (χ4v) is 1.32. The van der Waals surface area contributed by atoms with Crippen molar-refractivity contribution in [3.8, 4) is 0 Å². The zero-order valence-electron chi connectivity index (χ0n) is 5.55. The molecule has 0 aromatic heterocycles. The van der Waals surface area contributed by atoms with Gasteiger partial charge >= 0.3 is 0 Å². The minimum Gasteiger partial charge on any atom is -0.870 e. The van der Waals surface area contributed by atoms with Gasteiger partial charge in [-0.25, -0.2) is 0 Å². The first-order valence-electron chi connectivity index (χ1n) is 2.64. The van der Waals surface area contributed by atoms with Gasteiger partial charge in [-0.2, -0.15) is 0 Å². The Morgan fingerprint density at radius 1 is 1.38 bits per heavy atom. The summed E-state index contributed by atoms with van der Waals surface area (Å²) in [6, 6.07) is 0. The van der Waals surface area contributed by atoms with Gasteiger partial charge in [-0.3, -0.25) is 0 Å². The number of rotatable bonds is 3. The van der Waals surface area contributed by atoms with Crippen LogP contribution in [0.15, 0.2) is 12.0 Å². The largest absolute Gasteiger partial charge is 0.870 e. The molecule has 0 heterocycles. The normalized spacial score (nSPS) is 8.38. The molecule has 0 spiro atoms. The van der Waals surface area contributed by atoms with Gasteiger partial charge in [0.1, 0.15) is 16.9 Å². The van der Waals surface area contributed by atoms with E-state index in [9.17, 15) is 0 Å². The van der Waals surface area contributed by atoms with Crippen molar-refractivity contribution in [2.45, 2.75) is 13.8 Å². The van der Waals surface area contributed by atoms with E-state index >= 15 is 0 Å². The molecule has 0 aliphatic rings. The number of hydrogen-bond donors (Lipinski definition) is 0. The Balaban J connectivity index is 0. The van der Waals surface area contributed by atoms with E-state index in [1.807, 2.05) is 0 Å². The molecule has 2 heteroatoms. The van der Waals surface area contributed by atoms with Gasteiger partial charge in [0.25, 0.3) is 0 Å². The van der Waals surface area contributed by atoms with Gasteiger partial charge in [-0.15, -0.1) is 0 Å². The topological polar surface area (TPSA) is 30.0 Å². The van der Waals surface area contributed by atoms with Crippen molar-refractivity contribution in [2.24, 2.45) is 0 Å². The lowest BCUT2D eigenvalue weighted by Gasteiger charge is -1.90. The highest BCUT2D eigenvalue weighted by atomic mass is 32.2. The molecule has 1 nitrogen and oxygen atoms in total. The summed E-state index contributed by atoms with van der Waals surface area (Å²) in [5, 5.41) is 2.06. The predicted molar refractivity (Wildman–Crippen MR) is 40.6 cm³/mol. The monoisotopic (exact) mass is 134 g/mol. The van der Waals surface area contributed by atoms with E-state index in [1.54, 1.807) is 0 Å². The fraction of sp³-hybridized carbons (Fsp3) is 0.667. The van der Waals surface area contributed by atoms with Crippen molar-refractivity contribution >= 4 is 10.9 Å². The van der Waals surface area contributed by atoms with Gasteiger partial charge < -0.3 is 5.48 Å². The van der Waals surface area contributed by atoms with Crippen molar-refractivity contribution in [1.29, 1.82) is 0 Å². The maximum atomic E-state index is 3.72. The molecular weight excluding hydrogens is 120 g/mol. The Morgan fingerprint density at radius 3 is 1.75 bits per heavy atom. The molecule has 0 radical (unpaired) electrons. The van der Waals surface area contributed by atoms with E-state index in [0.29, 0.717) is 10.9 Å². The third kappa shape index (κ3) is 4.22. The minimum atomic E-state index is 0. The molecule has 0 aromatic carbocycles. The van der Waals surface area contributed by atoms with Gasteiger partial charge in [0.05, 0.1) is 0 Å². The molecule has 1 N–H and O–H groups in total. The van der Waals surface area contributed by atoms with Crippen LogP contribution < -0.4 is 0 Å². The summed E-state index contributed by atoms with van der Waals surface area (Å²) >= 11 is 0. The van der Waals surface area contributed by atoms with Gasteiger partial charge in [0, 0.05) is 10.9 Å². The first kappa shape index (κ1) is 10.9. The SMILES string of the molecule is C=C[S+](CC)CC.[OH-]. The minimum absolute atomic E-state index is 0. The molecule has 0 saturated heterocycles. The van der Waals surface area contributed by atoms with Crippen molar-refractivity contribution < 1.29 is 5.48 Å². The van der Waals surface area contributed by atoms with Crippen molar-refractivity contribution in [3.63, 3.8) is 0 Å². The standard InChI is InChI=1S/C6H13S.H2O/c1-4-7(5-2)6-3;/h4H,1,5-6H2,2-3H3;1H2/q+1;/p-1. The van der Waals surface area contributed by atoms with E-state index in [0.717, 1.165) is 0 Å². The Bertz CT molecular complexity index is 50.5. The Labute approximate surface area is 54.4 Å². The molecule has 0 atom stereocenters. The zero-order valence-corrected chi connectivity index (χ0v) is 6.37. The van der Waals surface area contributed by atoms with E-state index in [1.165, 1.54) is 11.5 Å². The summed E-state index contributed by atoms with van der Waals surface area (Å²) in [6.07, 6.45) is 0. The highest BCUT2D eigenvalue weighted by molar-refractivity contribution is 7.99. The summed E-state index contributed by atoms with van der Waals surface area (Å²) < 4.78 is 0. The molecule has 8 heavy (non-hydrogen) atoms. The molecule has 0 aromatic rings. The summed E-state index contributed by atoms with van der Waals surface area (Å²) in [5.74, 6) is 2.53. The number of hydrogen-bond acceptors (Lipinski definition) is 1. The van der Waals surface area contributed by atoms with E-state index in [-0.39, 0.29) is 5.48 Å². The fourth-order valence-electron chi connectivity index (χ4n) is 0.440. The lowest BCUT2D eigenvalue weighted by atomic mass is 11.0. The van der Waals surface area contributed by atoms with Crippen LogP contribution in [0.25, 0.3) is 0 Å². The van der Waals surface area contributed by atoms with Gasteiger partial charge in [0.2, 0.25) is 0 Å². The van der Waals surface area contributed by atoms with Crippen LogP contribution in [0, 0.1) is 0 Å². The van der Waals surface area contributed by atoms with E-state index in [4.69, 9.17) is 0 Å². The molecule has 0 saturated carbocycles. The zero-order chi connectivity index (χ0) is 5.70. The lowest BCUT2D eigenvalue weighted by molar-refractivity contribution is 0.824. The van der Waals surface area contributed by atoms with Crippen LogP contribution in [0.1, 0.15) is 13.8 Å². The molecule has 0 aliphatic heterocycles. The van der Waals surface area contributed by atoms with Crippen molar-refractivity contribution in [1.82, 2.24) is 0 Å². The molecule has 0 bridgehead atoms. The van der Waals surface area contributed by atoms with Crippen LogP contribution in [0.4, 0.5) is 0 Å². The second kappa shape index (κ2) is 7.05. The van der Waals surface area contributed by atoms with Crippen LogP contribution in [-0.4, -0.2) is 17.0 Å². The molecule has 50 valence electrons. The summed E-state index contributed by atoms with van der Waals surface area (Å²) in [6.45, 7) is 8.12. The Hall–Kier alpha value is 0.0500.